The van der Waals surface area contributed by atoms with E-state index in [-0.39, 0.29) is 25.6 Å². The number of amides is 2. The van der Waals surface area contributed by atoms with Gasteiger partial charge in [-0.25, -0.2) is 9.59 Å². The minimum absolute atomic E-state index is 0.0692. The first kappa shape index (κ1) is 27.9. The van der Waals surface area contributed by atoms with Gasteiger partial charge in [0, 0.05) is 18.4 Å². The Balaban J connectivity index is 1.28. The zero-order valence-electron chi connectivity index (χ0n) is 22.1. The van der Waals surface area contributed by atoms with E-state index >= 15 is 0 Å². The molecule has 4 rings (SSSR count). The smallest absolute Gasteiger partial charge is 0.407 e. The number of nitrogens with one attached hydrogen (secondary N) is 2. The maximum Gasteiger partial charge on any atom is 0.407 e. The number of aliphatic carboxylic acids is 1. The highest BCUT2D eigenvalue weighted by Crippen LogP contribution is 2.44. The molecule has 0 aromatic heterocycles. The quantitative estimate of drug-likeness (QED) is 0.308. The molecule has 2 amide bonds. The van der Waals surface area contributed by atoms with Gasteiger partial charge in [0.25, 0.3) is 0 Å². The monoisotopic (exact) mass is 530 g/mol. The molecule has 204 valence electrons. The van der Waals surface area contributed by atoms with Gasteiger partial charge >= 0.3 is 12.1 Å². The molecule has 3 N–H and O–H groups in total. The predicted molar refractivity (Wildman–Crippen MR) is 147 cm³/mol. The second kappa shape index (κ2) is 13.1. The van der Waals surface area contributed by atoms with Crippen molar-refractivity contribution in [1.29, 1.82) is 0 Å². The highest BCUT2D eigenvalue weighted by atomic mass is 16.5. The van der Waals surface area contributed by atoms with Crippen LogP contribution < -0.4 is 10.6 Å². The van der Waals surface area contributed by atoms with Crippen LogP contribution in [0.25, 0.3) is 11.1 Å². The number of alkyl carbamates (subject to hydrolysis) is 1. The van der Waals surface area contributed by atoms with Crippen LogP contribution in [0.1, 0.15) is 49.3 Å². The third-order valence-electron chi connectivity index (χ3n) is 7.00. The molecule has 3 aromatic rings. The van der Waals surface area contributed by atoms with Crippen LogP contribution in [-0.2, 0) is 25.7 Å². The average Bonchev–Trinajstić information content (AvgIpc) is 3.27. The predicted octanol–water partition coefficient (Wildman–Crippen LogP) is 4.87. The number of carboxylic acid groups (broad SMARTS) is 1. The summed E-state index contributed by atoms with van der Waals surface area (Å²) >= 11 is 0. The summed E-state index contributed by atoms with van der Waals surface area (Å²) in [6, 6.07) is 23.8. The van der Waals surface area contributed by atoms with Gasteiger partial charge in [0.15, 0.2) is 6.04 Å². The van der Waals surface area contributed by atoms with Gasteiger partial charge in [0.2, 0.25) is 5.91 Å². The van der Waals surface area contributed by atoms with Crippen LogP contribution >= 0.6 is 0 Å². The normalized spacial score (nSPS) is 14.4. The van der Waals surface area contributed by atoms with E-state index in [0.717, 1.165) is 27.8 Å². The fourth-order valence-corrected chi connectivity index (χ4v) is 4.84. The van der Waals surface area contributed by atoms with Crippen molar-refractivity contribution in [3.05, 3.63) is 95.6 Å². The molecule has 8 nitrogen and oxygen atoms in total. The molecule has 3 atom stereocenters. The number of benzene rings is 3. The summed E-state index contributed by atoms with van der Waals surface area (Å²) in [6.45, 7) is 3.83. The highest BCUT2D eigenvalue weighted by Gasteiger charge is 2.30. The Morgan fingerprint density at radius 2 is 1.46 bits per heavy atom. The standard InChI is InChI=1S/C31H34N2O6/c1-3-22(17-28(34)33-29(30(35)36)20(2)38-18-21-11-5-4-6-12-21)32-31(37)39-19-27-25-15-9-7-13-23(25)24-14-8-10-16-26(24)27/h4-16,20,22,27,29H,3,17-19H2,1-2H3,(H,32,37)(H,33,34)(H,35,36)/t20-,22+,29+/m0/s1. The number of hydrogen-bond donors (Lipinski definition) is 3. The number of hydrogen-bond acceptors (Lipinski definition) is 5. The summed E-state index contributed by atoms with van der Waals surface area (Å²) in [7, 11) is 0. The summed E-state index contributed by atoms with van der Waals surface area (Å²) in [5.74, 6) is -1.76. The second-order valence-electron chi connectivity index (χ2n) is 9.66. The third-order valence-corrected chi connectivity index (χ3v) is 7.00. The fraction of sp³-hybridized carbons (Fsp3) is 0.323. The first-order chi connectivity index (χ1) is 18.9. The number of carbonyl (C=O) groups excluding carboxylic acids is 2. The van der Waals surface area contributed by atoms with Gasteiger partial charge in [-0.05, 0) is 41.2 Å². The van der Waals surface area contributed by atoms with Crippen molar-refractivity contribution < 1.29 is 29.0 Å². The molecule has 0 saturated carbocycles. The molecule has 1 aliphatic carbocycles. The SMILES string of the molecule is CC[C@H](CC(=O)N[C@@H](C(=O)O)[C@H](C)OCc1ccccc1)NC(=O)OCC1c2ccccc2-c2ccccc21. The molecule has 39 heavy (non-hydrogen) atoms. The van der Waals surface area contributed by atoms with E-state index in [4.69, 9.17) is 9.47 Å². The number of carboxylic acids is 1. The summed E-state index contributed by atoms with van der Waals surface area (Å²) in [6.07, 6.45) is -1.00. The Kier molecular flexibility index (Phi) is 9.33. The molecule has 0 heterocycles. The summed E-state index contributed by atoms with van der Waals surface area (Å²) in [4.78, 5) is 37.2. The maximum absolute atomic E-state index is 12.7. The van der Waals surface area contributed by atoms with Gasteiger partial charge in [-0.1, -0.05) is 85.8 Å². The van der Waals surface area contributed by atoms with E-state index in [2.05, 4.69) is 22.8 Å². The zero-order chi connectivity index (χ0) is 27.8. The Hall–Kier alpha value is -4.17. The third kappa shape index (κ3) is 7.03. The van der Waals surface area contributed by atoms with E-state index < -0.39 is 36.2 Å². The lowest BCUT2D eigenvalue weighted by Crippen LogP contribution is -2.50. The van der Waals surface area contributed by atoms with E-state index in [1.807, 2.05) is 73.7 Å². The number of carbonyl (C=O) groups is 3. The van der Waals surface area contributed by atoms with Gasteiger partial charge in [0.05, 0.1) is 12.7 Å². The van der Waals surface area contributed by atoms with Crippen molar-refractivity contribution >= 4 is 18.0 Å². The van der Waals surface area contributed by atoms with Crippen molar-refractivity contribution in [2.24, 2.45) is 0 Å². The first-order valence-corrected chi connectivity index (χ1v) is 13.2. The molecule has 8 heteroatoms. The van der Waals surface area contributed by atoms with Gasteiger partial charge in [-0.2, -0.15) is 0 Å². The lowest BCUT2D eigenvalue weighted by molar-refractivity contribution is -0.146. The maximum atomic E-state index is 12.7. The first-order valence-electron chi connectivity index (χ1n) is 13.2. The second-order valence-corrected chi connectivity index (χ2v) is 9.66. The number of rotatable bonds is 12. The summed E-state index contributed by atoms with van der Waals surface area (Å²) < 4.78 is 11.3. The van der Waals surface area contributed by atoms with Gasteiger partial charge < -0.3 is 25.2 Å². The number of ether oxygens (including phenoxy) is 2. The molecule has 1 aliphatic rings. The molecule has 0 bridgehead atoms. The van der Waals surface area contributed by atoms with Gasteiger partial charge in [0.1, 0.15) is 6.61 Å². The van der Waals surface area contributed by atoms with Gasteiger partial charge in [-0.3, -0.25) is 4.79 Å². The van der Waals surface area contributed by atoms with Crippen molar-refractivity contribution in [1.82, 2.24) is 10.6 Å². The average molecular weight is 531 g/mol. The largest absolute Gasteiger partial charge is 0.480 e. The summed E-state index contributed by atoms with van der Waals surface area (Å²) in [5, 5.41) is 14.9. The van der Waals surface area contributed by atoms with Crippen molar-refractivity contribution in [3.63, 3.8) is 0 Å². The molecule has 0 fully saturated rings. The molecule has 0 saturated heterocycles. The van der Waals surface area contributed by atoms with Crippen LogP contribution in [0.4, 0.5) is 4.79 Å². The van der Waals surface area contributed by atoms with Crippen LogP contribution in [0.3, 0.4) is 0 Å². The molecule has 3 aromatic carbocycles. The minimum atomic E-state index is -1.23. The van der Waals surface area contributed by atoms with Crippen LogP contribution in [0, 0.1) is 0 Å². The Labute approximate surface area is 228 Å². The molecule has 0 radical (unpaired) electrons. The topological polar surface area (TPSA) is 114 Å². The van der Waals surface area contributed by atoms with Gasteiger partial charge in [-0.15, -0.1) is 0 Å². The highest BCUT2D eigenvalue weighted by molar-refractivity contribution is 5.84. The minimum Gasteiger partial charge on any atom is -0.480 e. The van der Waals surface area contributed by atoms with E-state index in [9.17, 15) is 19.5 Å². The Morgan fingerprint density at radius 3 is 2.05 bits per heavy atom. The van der Waals surface area contributed by atoms with Crippen molar-refractivity contribution in [3.8, 4) is 11.1 Å². The molecular formula is C31H34N2O6. The summed E-state index contributed by atoms with van der Waals surface area (Å²) in [5.41, 5.74) is 5.40. The fourth-order valence-electron chi connectivity index (χ4n) is 4.84. The van der Waals surface area contributed by atoms with Crippen LogP contribution in [0.15, 0.2) is 78.9 Å². The van der Waals surface area contributed by atoms with Crippen LogP contribution in [0.2, 0.25) is 0 Å². The Bertz CT molecular complexity index is 1250. The molecule has 0 spiro atoms. The zero-order valence-corrected chi connectivity index (χ0v) is 22.1. The Morgan fingerprint density at radius 1 is 0.872 bits per heavy atom. The lowest BCUT2D eigenvalue weighted by atomic mass is 9.98. The molecule has 0 aliphatic heterocycles. The van der Waals surface area contributed by atoms with Crippen molar-refractivity contribution in [2.45, 2.75) is 57.4 Å². The van der Waals surface area contributed by atoms with E-state index in [1.54, 1.807) is 6.92 Å². The van der Waals surface area contributed by atoms with E-state index in [0.29, 0.717) is 6.42 Å². The van der Waals surface area contributed by atoms with Crippen LogP contribution in [-0.4, -0.2) is 47.9 Å². The van der Waals surface area contributed by atoms with Crippen LogP contribution in [0.5, 0.6) is 0 Å². The lowest BCUT2D eigenvalue weighted by Gasteiger charge is -2.23. The number of fused-ring (bicyclic) bond motifs is 3. The van der Waals surface area contributed by atoms with E-state index in [1.165, 1.54) is 0 Å². The van der Waals surface area contributed by atoms with Crippen molar-refractivity contribution in [2.75, 3.05) is 6.61 Å². The molecular weight excluding hydrogens is 496 g/mol. The molecule has 0 unspecified atom stereocenters.